The van der Waals surface area contributed by atoms with Gasteiger partial charge >= 0.3 is 0 Å². The molecule has 0 atom stereocenters. The average molecular weight is 264 g/mol. The third kappa shape index (κ3) is 1.95. The molecule has 4 nitrogen and oxygen atoms in total. The summed E-state index contributed by atoms with van der Waals surface area (Å²) < 4.78 is 25.9. The fourth-order valence-electron chi connectivity index (χ4n) is 1.84. The van der Waals surface area contributed by atoms with Crippen LogP contribution in [-0.2, 0) is 10.0 Å². The van der Waals surface area contributed by atoms with E-state index in [0.717, 1.165) is 20.8 Å². The molecule has 0 amide bonds. The highest BCUT2D eigenvalue weighted by atomic mass is 32.2. The summed E-state index contributed by atoms with van der Waals surface area (Å²) in [5, 5.41) is 3.98. The van der Waals surface area contributed by atoms with E-state index in [1.807, 2.05) is 26.8 Å². The summed E-state index contributed by atoms with van der Waals surface area (Å²) in [6, 6.07) is 5.14. The minimum atomic E-state index is -3.58. The van der Waals surface area contributed by atoms with Gasteiger partial charge in [0.2, 0.25) is 0 Å². The van der Waals surface area contributed by atoms with E-state index in [0.29, 0.717) is 10.6 Å². The van der Waals surface area contributed by atoms with Gasteiger partial charge < -0.3 is 0 Å². The smallest absolute Gasteiger partial charge is 0.199 e. The van der Waals surface area contributed by atoms with Gasteiger partial charge in [-0.05, 0) is 56.5 Å². The maximum atomic E-state index is 12.4. The highest BCUT2D eigenvalue weighted by molar-refractivity contribution is 7.89. The topological polar surface area (TPSA) is 52.0 Å². The van der Waals surface area contributed by atoms with Crippen molar-refractivity contribution in [3.8, 4) is 0 Å². The van der Waals surface area contributed by atoms with Crippen molar-refractivity contribution in [2.75, 3.05) is 0 Å². The van der Waals surface area contributed by atoms with Crippen LogP contribution in [0.2, 0.25) is 0 Å². The van der Waals surface area contributed by atoms with Crippen LogP contribution in [0.3, 0.4) is 0 Å². The van der Waals surface area contributed by atoms with Gasteiger partial charge in [-0.1, -0.05) is 6.07 Å². The van der Waals surface area contributed by atoms with Crippen molar-refractivity contribution in [3.63, 3.8) is 0 Å². The maximum absolute atomic E-state index is 12.4. The zero-order valence-corrected chi connectivity index (χ0v) is 11.7. The molecule has 0 aliphatic heterocycles. The molecule has 0 aliphatic rings. The molecule has 0 spiro atoms. The molecule has 2 aromatic rings. The van der Waals surface area contributed by atoms with Crippen LogP contribution in [-0.4, -0.2) is 17.6 Å². The Morgan fingerprint density at radius 1 is 1.00 bits per heavy atom. The second-order valence-corrected chi connectivity index (χ2v) is 6.23. The SMILES string of the molecule is Cc1ccn(S(=O)(=O)c2ccc(C)c(C)c2C)n1. The van der Waals surface area contributed by atoms with Crippen molar-refractivity contribution in [2.24, 2.45) is 0 Å². The Morgan fingerprint density at radius 2 is 1.67 bits per heavy atom. The van der Waals surface area contributed by atoms with Crippen LogP contribution in [0.1, 0.15) is 22.4 Å². The minimum absolute atomic E-state index is 0.314. The monoisotopic (exact) mass is 264 g/mol. The van der Waals surface area contributed by atoms with Crippen LogP contribution in [0.25, 0.3) is 0 Å². The Morgan fingerprint density at radius 3 is 2.22 bits per heavy atom. The number of nitrogens with zero attached hydrogens (tertiary/aromatic N) is 2. The fourth-order valence-corrected chi connectivity index (χ4v) is 3.28. The van der Waals surface area contributed by atoms with Crippen molar-refractivity contribution in [1.82, 2.24) is 9.19 Å². The third-order valence-electron chi connectivity index (χ3n) is 3.23. The van der Waals surface area contributed by atoms with Gasteiger partial charge in [0.05, 0.1) is 10.6 Å². The Bertz CT molecular complexity index is 700. The second kappa shape index (κ2) is 4.24. The second-order valence-electron chi connectivity index (χ2n) is 4.47. The van der Waals surface area contributed by atoms with Gasteiger partial charge in [0.25, 0.3) is 10.0 Å². The summed E-state index contributed by atoms with van der Waals surface area (Å²) in [5.74, 6) is 0. The molecule has 1 heterocycles. The Labute approximate surface area is 107 Å². The van der Waals surface area contributed by atoms with E-state index >= 15 is 0 Å². The number of hydrogen-bond donors (Lipinski definition) is 0. The molecule has 96 valence electrons. The lowest BCUT2D eigenvalue weighted by molar-refractivity contribution is 0.578. The van der Waals surface area contributed by atoms with E-state index in [2.05, 4.69) is 5.10 Å². The average Bonchev–Trinajstić information content (AvgIpc) is 2.73. The van der Waals surface area contributed by atoms with Gasteiger partial charge in [-0.2, -0.15) is 17.6 Å². The molecular formula is C13H16N2O2S. The maximum Gasteiger partial charge on any atom is 0.283 e. The molecule has 18 heavy (non-hydrogen) atoms. The Kier molecular flexibility index (Phi) is 3.02. The highest BCUT2D eigenvalue weighted by Crippen LogP contribution is 2.23. The molecule has 0 saturated carbocycles. The molecule has 0 fully saturated rings. The van der Waals surface area contributed by atoms with Crippen molar-refractivity contribution in [2.45, 2.75) is 32.6 Å². The van der Waals surface area contributed by atoms with Gasteiger partial charge in [0.15, 0.2) is 0 Å². The first kappa shape index (κ1) is 12.8. The summed E-state index contributed by atoms with van der Waals surface area (Å²) >= 11 is 0. The number of hydrogen-bond acceptors (Lipinski definition) is 3. The van der Waals surface area contributed by atoms with E-state index in [4.69, 9.17) is 0 Å². The number of aryl methyl sites for hydroxylation is 2. The predicted octanol–water partition coefficient (Wildman–Crippen LogP) is 2.35. The molecule has 0 N–H and O–H groups in total. The lowest BCUT2D eigenvalue weighted by Gasteiger charge is -2.11. The molecule has 0 aliphatic carbocycles. The largest absolute Gasteiger partial charge is 0.283 e. The predicted molar refractivity (Wildman–Crippen MR) is 70.2 cm³/mol. The van der Waals surface area contributed by atoms with Crippen LogP contribution in [0.15, 0.2) is 29.3 Å². The first-order chi connectivity index (χ1) is 8.34. The minimum Gasteiger partial charge on any atom is -0.199 e. The first-order valence-corrected chi connectivity index (χ1v) is 7.12. The van der Waals surface area contributed by atoms with Crippen LogP contribution in [0.4, 0.5) is 0 Å². The van der Waals surface area contributed by atoms with E-state index in [1.54, 1.807) is 19.1 Å². The molecule has 0 saturated heterocycles. The molecular weight excluding hydrogens is 248 g/mol. The van der Waals surface area contributed by atoms with E-state index < -0.39 is 10.0 Å². The first-order valence-electron chi connectivity index (χ1n) is 5.68. The van der Waals surface area contributed by atoms with E-state index in [1.165, 1.54) is 6.20 Å². The van der Waals surface area contributed by atoms with Gasteiger partial charge in [0.1, 0.15) is 0 Å². The zero-order valence-electron chi connectivity index (χ0n) is 10.9. The Balaban J connectivity index is 2.66. The molecule has 1 aromatic carbocycles. The summed E-state index contributed by atoms with van der Waals surface area (Å²) in [7, 11) is -3.58. The molecule has 2 rings (SSSR count). The lowest BCUT2D eigenvalue weighted by atomic mass is 10.1. The quantitative estimate of drug-likeness (QED) is 0.836. The van der Waals surface area contributed by atoms with Crippen LogP contribution >= 0.6 is 0 Å². The van der Waals surface area contributed by atoms with Gasteiger partial charge in [0, 0.05) is 6.20 Å². The molecule has 1 aromatic heterocycles. The highest BCUT2D eigenvalue weighted by Gasteiger charge is 2.21. The van der Waals surface area contributed by atoms with Gasteiger partial charge in [-0.3, -0.25) is 0 Å². The summed E-state index contributed by atoms with van der Waals surface area (Å²) in [6.45, 7) is 7.49. The van der Waals surface area contributed by atoms with Crippen molar-refractivity contribution >= 4 is 10.0 Å². The molecule has 5 heteroatoms. The third-order valence-corrected chi connectivity index (χ3v) is 4.93. The van der Waals surface area contributed by atoms with Crippen molar-refractivity contribution < 1.29 is 8.42 Å². The molecule has 0 bridgehead atoms. The van der Waals surface area contributed by atoms with Crippen LogP contribution < -0.4 is 0 Å². The summed E-state index contributed by atoms with van der Waals surface area (Å²) in [4.78, 5) is 0.314. The van der Waals surface area contributed by atoms with Crippen molar-refractivity contribution in [3.05, 3.63) is 46.8 Å². The van der Waals surface area contributed by atoms with Crippen LogP contribution in [0.5, 0.6) is 0 Å². The molecule has 0 unspecified atom stereocenters. The lowest BCUT2D eigenvalue weighted by Crippen LogP contribution is -2.15. The fraction of sp³-hybridized carbons (Fsp3) is 0.308. The number of benzene rings is 1. The zero-order chi connectivity index (χ0) is 13.5. The van der Waals surface area contributed by atoms with Crippen LogP contribution in [0, 0.1) is 27.7 Å². The number of aromatic nitrogens is 2. The normalized spacial score (nSPS) is 11.8. The summed E-state index contributed by atoms with van der Waals surface area (Å²) in [5.41, 5.74) is 3.55. The van der Waals surface area contributed by atoms with E-state index in [9.17, 15) is 8.42 Å². The van der Waals surface area contributed by atoms with Crippen molar-refractivity contribution in [1.29, 1.82) is 0 Å². The standard InChI is InChI=1S/C13H16N2O2S/c1-9-5-6-13(12(4)11(9)3)18(16,17)15-8-7-10(2)14-15/h5-8H,1-4H3. The Hall–Kier alpha value is -1.62. The van der Waals surface area contributed by atoms with Gasteiger partial charge in [-0.25, -0.2) is 0 Å². The van der Waals surface area contributed by atoms with E-state index in [-0.39, 0.29) is 0 Å². The molecule has 0 radical (unpaired) electrons. The number of rotatable bonds is 2. The summed E-state index contributed by atoms with van der Waals surface area (Å²) in [6.07, 6.45) is 1.47. The van der Waals surface area contributed by atoms with Gasteiger partial charge in [-0.15, -0.1) is 0 Å².